The van der Waals surface area contributed by atoms with Crippen LogP contribution in [0.1, 0.15) is 25.7 Å². The van der Waals surface area contributed by atoms with Crippen LogP contribution in [0.3, 0.4) is 0 Å². The highest BCUT2D eigenvalue weighted by atomic mass is 35.5. The molecule has 102 valence electrons. The third-order valence-corrected chi connectivity index (χ3v) is 5.60. The van der Waals surface area contributed by atoms with Gasteiger partial charge in [-0.3, -0.25) is 4.68 Å². The van der Waals surface area contributed by atoms with Crippen molar-refractivity contribution in [3.05, 3.63) is 11.2 Å². The highest BCUT2D eigenvalue weighted by Gasteiger charge is 2.30. The molecule has 0 bridgehead atoms. The highest BCUT2D eigenvalue weighted by molar-refractivity contribution is 7.89. The molecule has 0 aromatic carbocycles. The number of alkyl halides is 1. The summed E-state index contributed by atoms with van der Waals surface area (Å²) in [6.45, 7) is 0. The second kappa shape index (κ2) is 5.36. The molecular formula is C10H15Cl2N3O2S. The summed E-state index contributed by atoms with van der Waals surface area (Å²) in [5.74, 6) is 0. The van der Waals surface area contributed by atoms with Crippen molar-refractivity contribution in [2.75, 3.05) is 0 Å². The lowest BCUT2D eigenvalue weighted by molar-refractivity contribution is 0.417. The maximum absolute atomic E-state index is 12.2. The van der Waals surface area contributed by atoms with E-state index < -0.39 is 10.0 Å². The molecule has 1 saturated carbocycles. The maximum Gasteiger partial charge on any atom is 0.259 e. The first-order valence-electron chi connectivity index (χ1n) is 5.75. The first-order valence-corrected chi connectivity index (χ1v) is 8.05. The fourth-order valence-electron chi connectivity index (χ4n) is 2.18. The van der Waals surface area contributed by atoms with Gasteiger partial charge in [-0.1, -0.05) is 24.4 Å². The van der Waals surface area contributed by atoms with Crippen LogP contribution < -0.4 is 4.72 Å². The zero-order valence-corrected chi connectivity index (χ0v) is 12.3. The Morgan fingerprint density at radius 1 is 1.44 bits per heavy atom. The van der Waals surface area contributed by atoms with Crippen LogP contribution in [-0.4, -0.2) is 29.6 Å². The van der Waals surface area contributed by atoms with Crippen molar-refractivity contribution in [3.8, 4) is 0 Å². The molecule has 1 N–H and O–H groups in total. The van der Waals surface area contributed by atoms with E-state index in [1.165, 1.54) is 10.9 Å². The molecule has 2 atom stereocenters. The molecule has 2 rings (SSSR count). The number of hydrogen-bond acceptors (Lipinski definition) is 3. The molecule has 1 aromatic rings. The van der Waals surface area contributed by atoms with Crippen molar-refractivity contribution in [1.82, 2.24) is 14.5 Å². The molecule has 1 fully saturated rings. The fraction of sp³-hybridized carbons (Fsp3) is 0.700. The van der Waals surface area contributed by atoms with Gasteiger partial charge in [0.1, 0.15) is 0 Å². The number of aryl methyl sites for hydroxylation is 1. The monoisotopic (exact) mass is 311 g/mol. The van der Waals surface area contributed by atoms with E-state index in [0.29, 0.717) is 0 Å². The van der Waals surface area contributed by atoms with Gasteiger partial charge in [0.25, 0.3) is 10.0 Å². The number of sulfonamides is 1. The largest absolute Gasteiger partial charge is 0.259 e. The van der Waals surface area contributed by atoms with Gasteiger partial charge in [0.05, 0.1) is 11.2 Å². The van der Waals surface area contributed by atoms with E-state index in [9.17, 15) is 8.42 Å². The van der Waals surface area contributed by atoms with Crippen LogP contribution in [0.25, 0.3) is 0 Å². The SMILES string of the molecule is Cn1ncc(Cl)c1S(=O)(=O)NC1CCCCC1Cl. The Bertz CT molecular complexity index is 510. The smallest absolute Gasteiger partial charge is 0.255 e. The van der Waals surface area contributed by atoms with Gasteiger partial charge in [-0.2, -0.15) is 5.10 Å². The molecule has 1 heterocycles. The summed E-state index contributed by atoms with van der Waals surface area (Å²) in [6.07, 6.45) is 4.92. The molecule has 0 radical (unpaired) electrons. The third-order valence-electron chi connectivity index (χ3n) is 3.09. The number of rotatable bonds is 3. The van der Waals surface area contributed by atoms with Gasteiger partial charge in [0, 0.05) is 18.5 Å². The lowest BCUT2D eigenvalue weighted by Gasteiger charge is -2.27. The van der Waals surface area contributed by atoms with E-state index >= 15 is 0 Å². The molecule has 0 aliphatic heterocycles. The fourth-order valence-corrected chi connectivity index (χ4v) is 4.56. The molecule has 1 aliphatic rings. The summed E-state index contributed by atoms with van der Waals surface area (Å²) >= 11 is 12.0. The van der Waals surface area contributed by atoms with Gasteiger partial charge in [0.15, 0.2) is 5.03 Å². The highest BCUT2D eigenvalue weighted by Crippen LogP contribution is 2.26. The Kier molecular flexibility index (Phi) is 4.21. The van der Waals surface area contributed by atoms with Crippen molar-refractivity contribution in [2.24, 2.45) is 7.05 Å². The molecule has 18 heavy (non-hydrogen) atoms. The Morgan fingerprint density at radius 3 is 2.67 bits per heavy atom. The van der Waals surface area contributed by atoms with E-state index in [0.717, 1.165) is 25.7 Å². The molecule has 0 spiro atoms. The van der Waals surface area contributed by atoms with Gasteiger partial charge in [-0.05, 0) is 12.8 Å². The molecule has 0 saturated heterocycles. The molecule has 1 aromatic heterocycles. The van der Waals surface area contributed by atoms with Crippen molar-refractivity contribution in [1.29, 1.82) is 0 Å². The quantitative estimate of drug-likeness (QED) is 0.867. The zero-order valence-electron chi connectivity index (χ0n) is 9.94. The second-order valence-electron chi connectivity index (χ2n) is 4.45. The van der Waals surface area contributed by atoms with Gasteiger partial charge in [-0.15, -0.1) is 11.6 Å². The lowest BCUT2D eigenvalue weighted by Crippen LogP contribution is -2.43. The van der Waals surface area contributed by atoms with E-state index in [1.54, 1.807) is 7.05 Å². The summed E-state index contributed by atoms with van der Waals surface area (Å²) in [5, 5.41) is 3.76. The minimum absolute atomic E-state index is 0.0152. The number of halogens is 2. The second-order valence-corrected chi connectivity index (χ2v) is 7.05. The minimum Gasteiger partial charge on any atom is -0.255 e. The van der Waals surface area contributed by atoms with Gasteiger partial charge < -0.3 is 0 Å². The van der Waals surface area contributed by atoms with Crippen molar-refractivity contribution in [3.63, 3.8) is 0 Å². The van der Waals surface area contributed by atoms with E-state index in [-0.39, 0.29) is 21.5 Å². The molecular weight excluding hydrogens is 297 g/mol. The van der Waals surface area contributed by atoms with E-state index in [1.807, 2.05) is 0 Å². The standard InChI is InChI=1S/C10H15Cl2N3O2S/c1-15-10(8(12)6-13-15)18(16,17)14-9-5-3-2-4-7(9)11/h6-7,9,14H,2-5H2,1H3. The molecule has 0 amide bonds. The summed E-state index contributed by atoms with van der Waals surface area (Å²) < 4.78 is 28.3. The van der Waals surface area contributed by atoms with Crippen LogP contribution in [-0.2, 0) is 17.1 Å². The predicted molar refractivity (Wildman–Crippen MR) is 70.4 cm³/mol. The number of nitrogens with one attached hydrogen (secondary N) is 1. The minimum atomic E-state index is -3.68. The summed E-state index contributed by atoms with van der Waals surface area (Å²) in [6, 6.07) is -0.239. The van der Waals surface area contributed by atoms with Gasteiger partial charge in [0.2, 0.25) is 0 Å². The van der Waals surface area contributed by atoms with Gasteiger partial charge in [-0.25, -0.2) is 13.1 Å². The Hall–Kier alpha value is -0.300. The van der Waals surface area contributed by atoms with Crippen LogP contribution in [0.4, 0.5) is 0 Å². The number of nitrogens with zero attached hydrogens (tertiary/aromatic N) is 2. The molecule has 2 unspecified atom stereocenters. The zero-order chi connectivity index (χ0) is 13.3. The van der Waals surface area contributed by atoms with Crippen molar-refractivity contribution >= 4 is 33.2 Å². The number of hydrogen-bond donors (Lipinski definition) is 1. The summed E-state index contributed by atoms with van der Waals surface area (Å²) in [5.41, 5.74) is 0. The molecule has 5 nitrogen and oxygen atoms in total. The maximum atomic E-state index is 12.2. The van der Waals surface area contributed by atoms with E-state index in [2.05, 4.69) is 9.82 Å². The molecule has 8 heteroatoms. The van der Waals surface area contributed by atoms with Crippen LogP contribution >= 0.6 is 23.2 Å². The average molecular weight is 312 g/mol. The predicted octanol–water partition coefficient (Wildman–Crippen LogP) is 1.90. The van der Waals surface area contributed by atoms with Crippen LogP contribution in [0.5, 0.6) is 0 Å². The lowest BCUT2D eigenvalue weighted by atomic mass is 9.96. The topological polar surface area (TPSA) is 64.0 Å². The van der Waals surface area contributed by atoms with Crippen LogP contribution in [0.15, 0.2) is 11.2 Å². The van der Waals surface area contributed by atoms with Crippen molar-refractivity contribution < 1.29 is 8.42 Å². The first kappa shape index (κ1) is 14.1. The normalized spacial score (nSPS) is 25.3. The summed E-state index contributed by atoms with van der Waals surface area (Å²) in [7, 11) is -2.14. The first-order chi connectivity index (χ1) is 8.42. The van der Waals surface area contributed by atoms with Crippen molar-refractivity contribution in [2.45, 2.75) is 42.1 Å². The Balaban J connectivity index is 2.22. The summed E-state index contributed by atoms with van der Waals surface area (Å²) in [4.78, 5) is 0. The van der Waals surface area contributed by atoms with Crippen LogP contribution in [0.2, 0.25) is 5.02 Å². The average Bonchev–Trinajstić information content (AvgIpc) is 2.62. The van der Waals surface area contributed by atoms with Gasteiger partial charge >= 0.3 is 0 Å². The Morgan fingerprint density at radius 2 is 2.11 bits per heavy atom. The van der Waals surface area contributed by atoms with E-state index in [4.69, 9.17) is 23.2 Å². The Labute approximate surface area is 117 Å². The molecule has 1 aliphatic carbocycles. The number of aromatic nitrogens is 2. The van der Waals surface area contributed by atoms with Crippen LogP contribution in [0, 0.1) is 0 Å². The third kappa shape index (κ3) is 2.82.